The Hall–Kier alpha value is -1.89. The lowest BCUT2D eigenvalue weighted by Gasteiger charge is -2.40. The maximum atomic E-state index is 11.7. The lowest BCUT2D eigenvalue weighted by atomic mass is 9.80. The molecule has 1 aliphatic rings. The van der Waals surface area contributed by atoms with Crippen molar-refractivity contribution in [3.63, 3.8) is 0 Å². The molecule has 0 aromatic carbocycles. The van der Waals surface area contributed by atoms with Crippen LogP contribution in [0.1, 0.15) is 40.3 Å². The average molecular weight is 254 g/mol. The van der Waals surface area contributed by atoms with Crippen molar-refractivity contribution >= 4 is 11.9 Å². The molecule has 1 aliphatic carbocycles. The van der Waals surface area contributed by atoms with E-state index in [1.807, 2.05) is 0 Å². The molecule has 1 aromatic rings. The van der Waals surface area contributed by atoms with Gasteiger partial charge in [0.15, 0.2) is 5.69 Å². The molecule has 0 saturated heterocycles. The Morgan fingerprint density at radius 2 is 2.33 bits per heavy atom. The predicted octanol–water partition coefficient (Wildman–Crippen LogP) is 0.672. The molecule has 7 nitrogen and oxygen atoms in total. The Bertz CT molecular complexity index is 458. The summed E-state index contributed by atoms with van der Waals surface area (Å²) in [6.07, 6.45) is 2.89. The van der Waals surface area contributed by atoms with Crippen molar-refractivity contribution in [1.82, 2.24) is 10.5 Å². The molecule has 0 unspecified atom stereocenters. The Kier molecular flexibility index (Phi) is 3.33. The second-order valence-corrected chi connectivity index (χ2v) is 4.30. The number of aromatic carboxylic acids is 1. The van der Waals surface area contributed by atoms with Crippen molar-refractivity contribution in [3.05, 3.63) is 17.5 Å². The normalized spacial score (nSPS) is 16.9. The molecule has 0 aliphatic heterocycles. The SMILES string of the molecule is COC1(CNC(=O)c2cc(C(=O)O)on2)CCC1. The van der Waals surface area contributed by atoms with Crippen molar-refractivity contribution < 1.29 is 24.0 Å². The molecule has 0 radical (unpaired) electrons. The molecule has 0 spiro atoms. The highest BCUT2D eigenvalue weighted by Gasteiger charge is 2.37. The number of carbonyl (C=O) groups excluding carboxylic acids is 1. The van der Waals surface area contributed by atoms with E-state index in [-0.39, 0.29) is 17.1 Å². The van der Waals surface area contributed by atoms with E-state index in [0.29, 0.717) is 6.54 Å². The van der Waals surface area contributed by atoms with Gasteiger partial charge in [-0.25, -0.2) is 4.79 Å². The molecule has 7 heteroatoms. The Morgan fingerprint density at radius 1 is 1.61 bits per heavy atom. The van der Waals surface area contributed by atoms with Gasteiger partial charge in [0.05, 0.1) is 5.60 Å². The molecule has 98 valence electrons. The van der Waals surface area contributed by atoms with Crippen molar-refractivity contribution in [1.29, 1.82) is 0 Å². The molecule has 18 heavy (non-hydrogen) atoms. The molecule has 1 amide bonds. The van der Waals surface area contributed by atoms with E-state index in [4.69, 9.17) is 9.84 Å². The van der Waals surface area contributed by atoms with Crippen LogP contribution in [0.5, 0.6) is 0 Å². The lowest BCUT2D eigenvalue weighted by molar-refractivity contribution is -0.0679. The summed E-state index contributed by atoms with van der Waals surface area (Å²) in [5.41, 5.74) is -0.326. The quantitative estimate of drug-likeness (QED) is 0.800. The zero-order valence-corrected chi connectivity index (χ0v) is 9.93. The van der Waals surface area contributed by atoms with Gasteiger partial charge < -0.3 is 19.7 Å². The third kappa shape index (κ3) is 2.35. The second-order valence-electron chi connectivity index (χ2n) is 4.30. The standard InChI is InChI=1S/C11H14N2O5/c1-17-11(3-2-4-11)6-12-9(14)7-5-8(10(15)16)18-13-7/h5H,2-4,6H2,1H3,(H,12,14)(H,15,16). The predicted molar refractivity (Wildman–Crippen MR) is 59.4 cm³/mol. The van der Waals surface area contributed by atoms with Crippen molar-refractivity contribution in [2.45, 2.75) is 24.9 Å². The van der Waals surface area contributed by atoms with Crippen molar-refractivity contribution in [2.75, 3.05) is 13.7 Å². The fraction of sp³-hybridized carbons (Fsp3) is 0.545. The van der Waals surface area contributed by atoms with E-state index >= 15 is 0 Å². The molecule has 2 N–H and O–H groups in total. The number of amides is 1. The zero-order chi connectivity index (χ0) is 13.2. The van der Waals surface area contributed by atoms with Gasteiger partial charge in [-0.05, 0) is 19.3 Å². The minimum atomic E-state index is -1.26. The monoisotopic (exact) mass is 254 g/mol. The van der Waals surface area contributed by atoms with Crippen LogP contribution in [0, 0.1) is 0 Å². The molecule has 1 aromatic heterocycles. The van der Waals surface area contributed by atoms with Gasteiger partial charge in [0, 0.05) is 19.7 Å². The van der Waals surface area contributed by atoms with Crippen LogP contribution in [0.4, 0.5) is 0 Å². The van der Waals surface area contributed by atoms with Gasteiger partial charge >= 0.3 is 5.97 Å². The highest BCUT2D eigenvalue weighted by atomic mass is 16.5. The fourth-order valence-electron chi connectivity index (χ4n) is 1.84. The van der Waals surface area contributed by atoms with Crippen molar-refractivity contribution in [3.8, 4) is 0 Å². The third-order valence-electron chi connectivity index (χ3n) is 3.22. The van der Waals surface area contributed by atoms with E-state index < -0.39 is 11.9 Å². The Balaban J connectivity index is 1.93. The number of carboxylic acid groups (broad SMARTS) is 1. The van der Waals surface area contributed by atoms with Crippen LogP contribution in [0.2, 0.25) is 0 Å². The smallest absolute Gasteiger partial charge is 0.374 e. The number of nitrogens with zero attached hydrogens (tertiary/aromatic N) is 1. The average Bonchev–Trinajstić information content (AvgIpc) is 2.77. The molecular weight excluding hydrogens is 240 g/mol. The summed E-state index contributed by atoms with van der Waals surface area (Å²) in [5.74, 6) is -2.08. The van der Waals surface area contributed by atoms with Crippen molar-refractivity contribution in [2.24, 2.45) is 0 Å². The number of hydrogen-bond donors (Lipinski definition) is 2. The molecule has 0 bridgehead atoms. The maximum absolute atomic E-state index is 11.7. The minimum Gasteiger partial charge on any atom is -0.475 e. The van der Waals surface area contributed by atoms with Crippen LogP contribution in [0.3, 0.4) is 0 Å². The zero-order valence-electron chi connectivity index (χ0n) is 9.93. The molecule has 2 rings (SSSR count). The van der Waals surface area contributed by atoms with E-state index in [0.717, 1.165) is 25.3 Å². The van der Waals surface area contributed by atoms with Crippen LogP contribution in [0.25, 0.3) is 0 Å². The van der Waals surface area contributed by atoms with Crippen LogP contribution in [0.15, 0.2) is 10.6 Å². The van der Waals surface area contributed by atoms with E-state index in [2.05, 4.69) is 15.0 Å². The first kappa shape index (κ1) is 12.6. The number of aromatic nitrogens is 1. The van der Waals surface area contributed by atoms with Gasteiger partial charge in [0.1, 0.15) is 0 Å². The largest absolute Gasteiger partial charge is 0.475 e. The first-order valence-electron chi connectivity index (χ1n) is 5.60. The minimum absolute atomic E-state index is 0.0435. The fourth-order valence-corrected chi connectivity index (χ4v) is 1.84. The number of nitrogens with one attached hydrogen (secondary N) is 1. The summed E-state index contributed by atoms with van der Waals surface area (Å²) >= 11 is 0. The summed E-state index contributed by atoms with van der Waals surface area (Å²) in [7, 11) is 1.62. The van der Waals surface area contributed by atoms with Gasteiger partial charge in [-0.3, -0.25) is 4.79 Å². The summed E-state index contributed by atoms with van der Waals surface area (Å²) in [6, 6.07) is 1.10. The molecular formula is C11H14N2O5. The topological polar surface area (TPSA) is 102 Å². The molecule has 1 fully saturated rings. The maximum Gasteiger partial charge on any atom is 0.374 e. The van der Waals surface area contributed by atoms with Crippen LogP contribution in [-0.4, -0.2) is 41.4 Å². The Morgan fingerprint density at radius 3 is 2.78 bits per heavy atom. The van der Waals surface area contributed by atoms with Gasteiger partial charge in [0.2, 0.25) is 5.76 Å². The lowest BCUT2D eigenvalue weighted by Crippen LogP contribution is -2.49. The third-order valence-corrected chi connectivity index (χ3v) is 3.22. The first-order chi connectivity index (χ1) is 8.56. The van der Waals surface area contributed by atoms with Crippen LogP contribution >= 0.6 is 0 Å². The van der Waals surface area contributed by atoms with Gasteiger partial charge in [-0.1, -0.05) is 5.16 Å². The highest BCUT2D eigenvalue weighted by molar-refractivity contribution is 5.94. The summed E-state index contributed by atoms with van der Waals surface area (Å²) in [5, 5.41) is 14.7. The summed E-state index contributed by atoms with van der Waals surface area (Å²) in [4.78, 5) is 22.3. The molecule has 0 atom stereocenters. The number of carboxylic acids is 1. The van der Waals surface area contributed by atoms with Crippen LogP contribution in [-0.2, 0) is 4.74 Å². The number of hydrogen-bond acceptors (Lipinski definition) is 5. The van der Waals surface area contributed by atoms with Gasteiger partial charge in [-0.2, -0.15) is 0 Å². The first-order valence-corrected chi connectivity index (χ1v) is 5.60. The Labute approximate surface area is 103 Å². The number of ether oxygens (including phenoxy) is 1. The number of rotatable bonds is 5. The van der Waals surface area contributed by atoms with E-state index in [1.165, 1.54) is 0 Å². The summed E-state index contributed by atoms with van der Waals surface area (Å²) in [6.45, 7) is 0.387. The summed E-state index contributed by atoms with van der Waals surface area (Å²) < 4.78 is 9.85. The molecule has 1 saturated carbocycles. The van der Waals surface area contributed by atoms with E-state index in [1.54, 1.807) is 7.11 Å². The number of methoxy groups -OCH3 is 1. The van der Waals surface area contributed by atoms with Gasteiger partial charge in [0.25, 0.3) is 5.91 Å². The van der Waals surface area contributed by atoms with E-state index in [9.17, 15) is 9.59 Å². The molecule has 1 heterocycles. The van der Waals surface area contributed by atoms with Crippen LogP contribution < -0.4 is 5.32 Å². The highest BCUT2D eigenvalue weighted by Crippen LogP contribution is 2.34. The second kappa shape index (κ2) is 4.77. The van der Waals surface area contributed by atoms with Gasteiger partial charge in [-0.15, -0.1) is 0 Å². The number of carbonyl (C=O) groups is 2.